The molecule has 0 amide bonds. The first-order chi connectivity index (χ1) is 10.4. The fourth-order valence-electron chi connectivity index (χ4n) is 3.86. The highest BCUT2D eigenvalue weighted by molar-refractivity contribution is 5.98. The molecule has 0 aromatic heterocycles. The van der Waals surface area contributed by atoms with Crippen LogP contribution in [0.5, 0.6) is 0 Å². The van der Waals surface area contributed by atoms with Gasteiger partial charge < -0.3 is 9.64 Å². The molecule has 2 aliphatic rings. The summed E-state index contributed by atoms with van der Waals surface area (Å²) >= 11 is 0. The van der Waals surface area contributed by atoms with Crippen molar-refractivity contribution in [1.82, 2.24) is 0 Å². The zero-order valence-electron chi connectivity index (χ0n) is 12.0. The van der Waals surface area contributed by atoms with Crippen LogP contribution in [0.15, 0.2) is 36.4 Å². The van der Waals surface area contributed by atoms with Gasteiger partial charge in [-0.05, 0) is 31.4 Å². The minimum absolute atomic E-state index is 0.383. The third-order valence-corrected chi connectivity index (χ3v) is 4.81. The van der Waals surface area contributed by atoms with Gasteiger partial charge in [0.25, 0.3) is 0 Å². The largest absolute Gasteiger partial charge is 0.374 e. The van der Waals surface area contributed by atoms with Gasteiger partial charge >= 0.3 is 0 Å². The second-order valence-corrected chi connectivity index (χ2v) is 5.89. The summed E-state index contributed by atoms with van der Waals surface area (Å²) in [6.07, 6.45) is 4.02. The number of hydrogen-bond donors (Lipinski definition) is 0. The van der Waals surface area contributed by atoms with E-state index in [1.165, 1.54) is 30.3 Å². The average Bonchev–Trinajstić information content (AvgIpc) is 3.02. The number of rotatable bonds is 1. The van der Waals surface area contributed by atoms with Crippen molar-refractivity contribution in [2.75, 3.05) is 18.1 Å². The molecule has 1 saturated carbocycles. The van der Waals surface area contributed by atoms with Crippen LogP contribution in [0, 0.1) is 11.3 Å². The number of benzene rings is 2. The van der Waals surface area contributed by atoms with Crippen molar-refractivity contribution in [3.63, 3.8) is 0 Å². The number of fused-ring (bicyclic) bond motifs is 2. The van der Waals surface area contributed by atoms with Crippen LogP contribution in [0.4, 0.5) is 5.69 Å². The summed E-state index contributed by atoms with van der Waals surface area (Å²) in [5, 5.41) is 11.5. The number of ether oxygens (including phenoxy) is 1. The van der Waals surface area contributed by atoms with Crippen molar-refractivity contribution in [3.8, 4) is 6.07 Å². The van der Waals surface area contributed by atoms with Gasteiger partial charge in [-0.1, -0.05) is 24.3 Å². The van der Waals surface area contributed by atoms with Gasteiger partial charge in [0, 0.05) is 23.0 Å². The molecule has 0 bridgehead atoms. The van der Waals surface area contributed by atoms with Gasteiger partial charge in [-0.15, -0.1) is 0 Å². The number of hydrogen-bond acceptors (Lipinski definition) is 3. The molecule has 3 heteroatoms. The predicted octanol–water partition coefficient (Wildman–Crippen LogP) is 3.47. The Balaban J connectivity index is 1.85. The van der Waals surface area contributed by atoms with E-state index in [0.29, 0.717) is 12.1 Å². The molecule has 0 spiro atoms. The molecule has 2 aromatic carbocycles. The van der Waals surface area contributed by atoms with Crippen molar-refractivity contribution in [2.45, 2.75) is 31.4 Å². The lowest BCUT2D eigenvalue weighted by Gasteiger charge is -2.40. The fraction of sp³-hybridized carbons (Fsp3) is 0.389. The molecule has 2 aromatic rings. The maximum absolute atomic E-state index is 9.30. The molecule has 0 radical (unpaired) electrons. The Morgan fingerprint density at radius 2 is 1.95 bits per heavy atom. The SMILES string of the molecule is N#Cc1ccc(N2CCOC3CCCC32)c2ccccc12. The van der Waals surface area contributed by atoms with E-state index < -0.39 is 0 Å². The van der Waals surface area contributed by atoms with Crippen molar-refractivity contribution >= 4 is 16.5 Å². The fourth-order valence-corrected chi connectivity index (χ4v) is 3.86. The molecule has 106 valence electrons. The lowest BCUT2D eigenvalue weighted by atomic mass is 10.0. The van der Waals surface area contributed by atoms with E-state index in [-0.39, 0.29) is 0 Å². The first-order valence-corrected chi connectivity index (χ1v) is 7.68. The predicted molar refractivity (Wildman–Crippen MR) is 83.4 cm³/mol. The van der Waals surface area contributed by atoms with Crippen LogP contribution in [-0.2, 0) is 4.74 Å². The first-order valence-electron chi connectivity index (χ1n) is 7.68. The molecule has 1 saturated heterocycles. The maximum Gasteiger partial charge on any atom is 0.0998 e. The molecule has 1 aliphatic heterocycles. The van der Waals surface area contributed by atoms with Crippen molar-refractivity contribution in [1.29, 1.82) is 5.26 Å². The van der Waals surface area contributed by atoms with Crippen molar-refractivity contribution < 1.29 is 4.74 Å². The van der Waals surface area contributed by atoms with Gasteiger partial charge in [0.05, 0.1) is 30.4 Å². The monoisotopic (exact) mass is 278 g/mol. The summed E-state index contributed by atoms with van der Waals surface area (Å²) in [4.78, 5) is 2.50. The first kappa shape index (κ1) is 12.7. The van der Waals surface area contributed by atoms with E-state index >= 15 is 0 Å². The summed E-state index contributed by atoms with van der Waals surface area (Å²) in [7, 11) is 0. The third-order valence-electron chi connectivity index (χ3n) is 4.81. The Labute approximate surface area is 124 Å². The lowest BCUT2D eigenvalue weighted by molar-refractivity contribution is 0.0257. The zero-order valence-corrected chi connectivity index (χ0v) is 12.0. The zero-order chi connectivity index (χ0) is 14.2. The Kier molecular flexibility index (Phi) is 3.05. The van der Waals surface area contributed by atoms with Gasteiger partial charge in [0.2, 0.25) is 0 Å². The van der Waals surface area contributed by atoms with E-state index in [0.717, 1.165) is 24.1 Å². The number of anilines is 1. The molecule has 1 heterocycles. The Morgan fingerprint density at radius 1 is 1.10 bits per heavy atom. The highest BCUT2D eigenvalue weighted by Gasteiger charge is 2.36. The highest BCUT2D eigenvalue weighted by Crippen LogP contribution is 2.37. The molecule has 1 aliphatic carbocycles. The smallest absolute Gasteiger partial charge is 0.0998 e. The van der Waals surface area contributed by atoms with Gasteiger partial charge in [-0.2, -0.15) is 5.26 Å². The highest BCUT2D eigenvalue weighted by atomic mass is 16.5. The average molecular weight is 278 g/mol. The van der Waals surface area contributed by atoms with E-state index in [1.54, 1.807) is 0 Å². The van der Waals surface area contributed by atoms with E-state index in [4.69, 9.17) is 4.74 Å². The van der Waals surface area contributed by atoms with Crippen molar-refractivity contribution in [3.05, 3.63) is 42.0 Å². The second kappa shape index (κ2) is 5.05. The van der Waals surface area contributed by atoms with Crippen LogP contribution in [-0.4, -0.2) is 25.3 Å². The molecular formula is C18H18N2O. The Morgan fingerprint density at radius 3 is 2.81 bits per heavy atom. The standard InChI is InChI=1S/C18H18N2O/c19-12-13-8-9-16(15-5-2-1-4-14(13)15)20-10-11-21-18-7-3-6-17(18)20/h1-2,4-5,8-9,17-18H,3,6-7,10-11H2. The topological polar surface area (TPSA) is 36.3 Å². The molecule has 0 N–H and O–H groups in total. The van der Waals surface area contributed by atoms with Crippen LogP contribution in [0.3, 0.4) is 0 Å². The van der Waals surface area contributed by atoms with Crippen LogP contribution >= 0.6 is 0 Å². The Hall–Kier alpha value is -2.05. The van der Waals surface area contributed by atoms with Gasteiger partial charge in [0.15, 0.2) is 0 Å². The summed E-state index contributed by atoms with van der Waals surface area (Å²) in [6.45, 7) is 1.74. The molecule has 3 nitrogen and oxygen atoms in total. The van der Waals surface area contributed by atoms with Crippen LogP contribution in [0.2, 0.25) is 0 Å². The van der Waals surface area contributed by atoms with Gasteiger partial charge in [0.1, 0.15) is 0 Å². The molecule has 21 heavy (non-hydrogen) atoms. The molecule has 2 unspecified atom stereocenters. The molecular weight excluding hydrogens is 260 g/mol. The van der Waals surface area contributed by atoms with Crippen molar-refractivity contribution in [2.24, 2.45) is 0 Å². The number of nitriles is 1. The minimum Gasteiger partial charge on any atom is -0.374 e. The second-order valence-electron chi connectivity index (χ2n) is 5.89. The number of morpholine rings is 1. The Bertz CT molecular complexity index is 719. The third kappa shape index (κ3) is 1.99. The van der Waals surface area contributed by atoms with E-state index in [2.05, 4.69) is 29.2 Å². The van der Waals surface area contributed by atoms with E-state index in [1.807, 2.05) is 18.2 Å². The van der Waals surface area contributed by atoms with Gasteiger partial charge in [-0.25, -0.2) is 0 Å². The van der Waals surface area contributed by atoms with Crippen LogP contribution in [0.25, 0.3) is 10.8 Å². The normalized spacial score (nSPS) is 24.8. The summed E-state index contributed by atoms with van der Waals surface area (Å²) in [6, 6.07) is 15.1. The summed E-state index contributed by atoms with van der Waals surface area (Å²) < 4.78 is 5.92. The van der Waals surface area contributed by atoms with E-state index in [9.17, 15) is 5.26 Å². The lowest BCUT2D eigenvalue weighted by Crippen LogP contribution is -2.48. The number of nitrogens with zero attached hydrogens (tertiary/aromatic N) is 2. The molecule has 2 atom stereocenters. The van der Waals surface area contributed by atoms with Crippen LogP contribution < -0.4 is 4.90 Å². The maximum atomic E-state index is 9.30. The van der Waals surface area contributed by atoms with Gasteiger partial charge in [-0.3, -0.25) is 0 Å². The van der Waals surface area contributed by atoms with Crippen LogP contribution in [0.1, 0.15) is 24.8 Å². The summed E-state index contributed by atoms with van der Waals surface area (Å²) in [5.41, 5.74) is 2.01. The molecule has 2 fully saturated rings. The summed E-state index contributed by atoms with van der Waals surface area (Å²) in [5.74, 6) is 0. The minimum atomic E-state index is 0.383. The quantitative estimate of drug-likeness (QED) is 0.801. The molecule has 4 rings (SSSR count).